The zero-order valence-corrected chi connectivity index (χ0v) is 17.6. The van der Waals surface area contributed by atoms with Crippen molar-refractivity contribution in [2.75, 3.05) is 32.7 Å². The van der Waals surface area contributed by atoms with Gasteiger partial charge in [-0.3, -0.25) is 9.69 Å². The van der Waals surface area contributed by atoms with Crippen molar-refractivity contribution in [3.8, 4) is 0 Å². The van der Waals surface area contributed by atoms with E-state index in [1.807, 2.05) is 30.9 Å². The van der Waals surface area contributed by atoms with Crippen LogP contribution in [0.2, 0.25) is 0 Å². The molecule has 0 aromatic heterocycles. The summed E-state index contributed by atoms with van der Waals surface area (Å²) in [5.74, 6) is 0.0221. The molecule has 1 amide bonds. The molecule has 1 aromatic rings. The molecule has 1 saturated heterocycles. The first kappa shape index (κ1) is 21.9. The molecule has 6 nitrogen and oxygen atoms in total. The first-order chi connectivity index (χ1) is 12.8. The van der Waals surface area contributed by atoms with Crippen LogP contribution in [0.1, 0.15) is 45.1 Å². The molecule has 0 aliphatic carbocycles. The Balaban J connectivity index is 1.79. The van der Waals surface area contributed by atoms with E-state index in [0.29, 0.717) is 37.6 Å². The molecular formula is C20H33N3O3S. The van der Waals surface area contributed by atoms with Crippen LogP contribution in [0.4, 0.5) is 0 Å². The lowest BCUT2D eigenvalue weighted by Crippen LogP contribution is -2.51. The van der Waals surface area contributed by atoms with Crippen LogP contribution in [-0.2, 0) is 14.8 Å². The Hall–Kier alpha value is -1.44. The summed E-state index contributed by atoms with van der Waals surface area (Å²) in [7, 11) is -3.46. The number of amides is 1. The molecule has 7 heteroatoms. The summed E-state index contributed by atoms with van der Waals surface area (Å²) in [6.07, 6.45) is 4.50. The van der Waals surface area contributed by atoms with Crippen LogP contribution in [0.25, 0.3) is 0 Å². The summed E-state index contributed by atoms with van der Waals surface area (Å²) in [6.45, 7) is 8.44. The first-order valence-corrected chi connectivity index (χ1v) is 11.4. The van der Waals surface area contributed by atoms with E-state index in [1.165, 1.54) is 17.1 Å². The van der Waals surface area contributed by atoms with Crippen LogP contribution >= 0.6 is 0 Å². The molecule has 0 bridgehead atoms. The second-order valence-electron chi connectivity index (χ2n) is 7.46. The van der Waals surface area contributed by atoms with E-state index in [0.717, 1.165) is 18.4 Å². The lowest BCUT2D eigenvalue weighted by Gasteiger charge is -2.33. The third-order valence-electron chi connectivity index (χ3n) is 5.01. The van der Waals surface area contributed by atoms with Crippen molar-refractivity contribution in [1.82, 2.24) is 14.5 Å². The van der Waals surface area contributed by atoms with Gasteiger partial charge < -0.3 is 5.32 Å². The van der Waals surface area contributed by atoms with Crippen molar-refractivity contribution in [3.63, 3.8) is 0 Å². The molecular weight excluding hydrogens is 362 g/mol. The maximum Gasteiger partial charge on any atom is 0.243 e. The van der Waals surface area contributed by atoms with Crippen LogP contribution in [0.3, 0.4) is 0 Å². The molecule has 1 N–H and O–H groups in total. The zero-order chi connectivity index (χ0) is 19.9. The number of rotatable bonds is 9. The SMILES string of the molecule is CCCCC[C@H](C)NC(=O)CN1CCN(S(=O)(=O)c2ccc(C)cc2)CC1. The fourth-order valence-electron chi connectivity index (χ4n) is 3.28. The Labute approximate surface area is 164 Å². The van der Waals surface area contributed by atoms with Gasteiger partial charge in [-0.2, -0.15) is 4.31 Å². The molecule has 0 radical (unpaired) electrons. The molecule has 1 aromatic carbocycles. The van der Waals surface area contributed by atoms with Gasteiger partial charge in [0.2, 0.25) is 15.9 Å². The molecule has 0 unspecified atom stereocenters. The fourth-order valence-corrected chi connectivity index (χ4v) is 4.71. The van der Waals surface area contributed by atoms with E-state index in [4.69, 9.17) is 0 Å². The summed E-state index contributed by atoms with van der Waals surface area (Å²) in [6, 6.07) is 7.13. The van der Waals surface area contributed by atoms with Crippen molar-refractivity contribution >= 4 is 15.9 Å². The summed E-state index contributed by atoms with van der Waals surface area (Å²) in [5.41, 5.74) is 1.04. The van der Waals surface area contributed by atoms with Gasteiger partial charge in [0.1, 0.15) is 0 Å². The molecule has 1 aliphatic rings. The predicted octanol–water partition coefficient (Wildman–Crippen LogP) is 2.39. The number of carbonyl (C=O) groups excluding carboxylic acids is 1. The van der Waals surface area contributed by atoms with E-state index >= 15 is 0 Å². The van der Waals surface area contributed by atoms with E-state index < -0.39 is 10.0 Å². The van der Waals surface area contributed by atoms with Crippen LogP contribution in [0.5, 0.6) is 0 Å². The van der Waals surface area contributed by atoms with Crippen molar-refractivity contribution < 1.29 is 13.2 Å². The summed E-state index contributed by atoms with van der Waals surface area (Å²) in [4.78, 5) is 14.6. The molecule has 1 fully saturated rings. The smallest absolute Gasteiger partial charge is 0.243 e. The number of nitrogens with one attached hydrogen (secondary N) is 1. The summed E-state index contributed by atoms with van der Waals surface area (Å²) < 4.78 is 27.0. The van der Waals surface area contributed by atoms with Gasteiger partial charge in [-0.15, -0.1) is 0 Å². The topological polar surface area (TPSA) is 69.7 Å². The lowest BCUT2D eigenvalue weighted by molar-refractivity contribution is -0.123. The van der Waals surface area contributed by atoms with E-state index in [9.17, 15) is 13.2 Å². The minimum atomic E-state index is -3.46. The number of piperazine rings is 1. The number of sulfonamides is 1. The molecule has 1 heterocycles. The quantitative estimate of drug-likeness (QED) is 0.652. The Bertz CT molecular complexity index is 696. The van der Waals surface area contributed by atoms with Crippen molar-refractivity contribution in [1.29, 1.82) is 0 Å². The van der Waals surface area contributed by atoms with E-state index in [-0.39, 0.29) is 11.9 Å². The van der Waals surface area contributed by atoms with Crippen LogP contribution < -0.4 is 5.32 Å². The Kier molecular flexibility index (Phi) is 8.26. The fraction of sp³-hybridized carbons (Fsp3) is 0.650. The highest BCUT2D eigenvalue weighted by atomic mass is 32.2. The monoisotopic (exact) mass is 395 g/mol. The lowest BCUT2D eigenvalue weighted by atomic mass is 10.1. The average Bonchev–Trinajstić information content (AvgIpc) is 2.62. The largest absolute Gasteiger partial charge is 0.353 e. The van der Waals surface area contributed by atoms with Crippen LogP contribution in [-0.4, -0.2) is 62.3 Å². The number of aryl methyl sites for hydroxylation is 1. The maximum atomic E-state index is 12.7. The van der Waals surface area contributed by atoms with Gasteiger partial charge in [0.05, 0.1) is 11.4 Å². The maximum absolute atomic E-state index is 12.7. The number of nitrogens with zero attached hydrogens (tertiary/aromatic N) is 2. The minimum Gasteiger partial charge on any atom is -0.353 e. The molecule has 0 spiro atoms. The van der Waals surface area contributed by atoms with Crippen LogP contribution in [0.15, 0.2) is 29.2 Å². The molecule has 1 aliphatic heterocycles. The van der Waals surface area contributed by atoms with Gasteiger partial charge in [-0.25, -0.2) is 8.42 Å². The second-order valence-corrected chi connectivity index (χ2v) is 9.40. The Morgan fingerprint density at radius 1 is 1.11 bits per heavy atom. The van der Waals surface area contributed by atoms with Crippen molar-refractivity contribution in [2.45, 2.75) is 57.4 Å². The highest BCUT2D eigenvalue weighted by molar-refractivity contribution is 7.89. The van der Waals surface area contributed by atoms with Crippen LogP contribution in [0, 0.1) is 6.92 Å². The van der Waals surface area contributed by atoms with Gasteiger partial charge in [0.15, 0.2) is 0 Å². The summed E-state index contributed by atoms with van der Waals surface area (Å²) in [5, 5.41) is 3.05. The van der Waals surface area contributed by atoms with Gasteiger partial charge in [-0.05, 0) is 32.4 Å². The highest BCUT2D eigenvalue weighted by Gasteiger charge is 2.29. The number of benzene rings is 1. The number of carbonyl (C=O) groups is 1. The second kappa shape index (κ2) is 10.2. The van der Waals surface area contributed by atoms with E-state index in [1.54, 1.807) is 12.1 Å². The minimum absolute atomic E-state index is 0.0221. The van der Waals surface area contributed by atoms with Gasteiger partial charge in [0, 0.05) is 32.2 Å². The summed E-state index contributed by atoms with van der Waals surface area (Å²) >= 11 is 0. The Morgan fingerprint density at radius 3 is 2.33 bits per heavy atom. The highest BCUT2D eigenvalue weighted by Crippen LogP contribution is 2.18. The van der Waals surface area contributed by atoms with Gasteiger partial charge in [-0.1, -0.05) is 43.9 Å². The predicted molar refractivity (Wildman–Crippen MR) is 108 cm³/mol. The Morgan fingerprint density at radius 2 is 1.74 bits per heavy atom. The average molecular weight is 396 g/mol. The van der Waals surface area contributed by atoms with E-state index in [2.05, 4.69) is 12.2 Å². The number of hydrogen-bond acceptors (Lipinski definition) is 4. The third-order valence-corrected chi connectivity index (χ3v) is 6.92. The molecule has 1 atom stereocenters. The van der Waals surface area contributed by atoms with Crippen molar-refractivity contribution in [3.05, 3.63) is 29.8 Å². The normalized spacial score (nSPS) is 17.6. The molecule has 0 saturated carbocycles. The zero-order valence-electron chi connectivity index (χ0n) is 16.8. The molecule has 27 heavy (non-hydrogen) atoms. The van der Waals surface area contributed by atoms with Gasteiger partial charge in [0.25, 0.3) is 0 Å². The standard InChI is InChI=1S/C20H33N3O3S/c1-4-5-6-7-18(3)21-20(24)16-22-12-14-23(15-13-22)27(25,26)19-10-8-17(2)9-11-19/h8-11,18H,4-7,12-16H2,1-3H3,(H,21,24)/t18-/m0/s1. The van der Waals surface area contributed by atoms with Gasteiger partial charge >= 0.3 is 0 Å². The first-order valence-electron chi connectivity index (χ1n) is 9.91. The van der Waals surface area contributed by atoms with Crippen molar-refractivity contribution in [2.24, 2.45) is 0 Å². The number of unbranched alkanes of at least 4 members (excludes halogenated alkanes) is 2. The third kappa shape index (κ3) is 6.59. The number of hydrogen-bond donors (Lipinski definition) is 1. The molecule has 152 valence electrons. The molecule has 2 rings (SSSR count).